The van der Waals surface area contributed by atoms with Gasteiger partial charge in [0.05, 0.1) is 12.6 Å². The van der Waals surface area contributed by atoms with Gasteiger partial charge >= 0.3 is 0 Å². The summed E-state index contributed by atoms with van der Waals surface area (Å²) in [5.41, 5.74) is 7.80. The molecule has 0 saturated carbocycles. The molecule has 0 spiro atoms. The minimum absolute atomic E-state index is 0.0482. The van der Waals surface area contributed by atoms with Crippen LogP contribution >= 0.6 is 0 Å². The molecule has 28 heavy (non-hydrogen) atoms. The molecular weight excluding hydrogens is 352 g/mol. The van der Waals surface area contributed by atoms with Crippen molar-refractivity contribution in [3.05, 3.63) is 77.6 Å². The van der Waals surface area contributed by atoms with E-state index < -0.39 is 0 Å². The van der Waals surface area contributed by atoms with Crippen LogP contribution in [0, 0.1) is 5.92 Å². The van der Waals surface area contributed by atoms with Crippen molar-refractivity contribution in [3.63, 3.8) is 0 Å². The lowest BCUT2D eigenvalue weighted by molar-refractivity contribution is -0.123. The van der Waals surface area contributed by atoms with Crippen molar-refractivity contribution >= 4 is 5.91 Å². The number of nitrogens with zero attached hydrogens (tertiary/aromatic N) is 5. The van der Waals surface area contributed by atoms with Gasteiger partial charge in [-0.1, -0.05) is 60.7 Å². The molecule has 7 nitrogen and oxygen atoms in total. The number of carbonyl (C=O) groups excluding carboxylic acids is 1. The Bertz CT molecular complexity index is 903. The van der Waals surface area contributed by atoms with Crippen molar-refractivity contribution < 1.29 is 4.79 Å². The number of hydrogen-bond donors (Lipinski definition) is 1. The van der Waals surface area contributed by atoms with E-state index in [1.807, 2.05) is 41.1 Å². The highest BCUT2D eigenvalue weighted by Crippen LogP contribution is 2.31. The second-order valence-electron chi connectivity index (χ2n) is 7.21. The van der Waals surface area contributed by atoms with Crippen LogP contribution in [-0.2, 0) is 11.3 Å². The van der Waals surface area contributed by atoms with Crippen molar-refractivity contribution in [1.29, 1.82) is 0 Å². The van der Waals surface area contributed by atoms with E-state index in [1.165, 1.54) is 0 Å². The number of hydrogen-bond acceptors (Lipinski definition) is 5. The fourth-order valence-corrected chi connectivity index (χ4v) is 3.88. The Morgan fingerprint density at radius 2 is 1.68 bits per heavy atom. The van der Waals surface area contributed by atoms with Crippen LogP contribution in [0.3, 0.4) is 0 Å². The number of piperidine rings is 1. The first kappa shape index (κ1) is 18.3. The molecular formula is C21H24N6O. The maximum absolute atomic E-state index is 11.6. The summed E-state index contributed by atoms with van der Waals surface area (Å²) in [7, 11) is 0. The number of aromatic nitrogens is 4. The van der Waals surface area contributed by atoms with Crippen molar-refractivity contribution in [1.82, 2.24) is 25.1 Å². The van der Waals surface area contributed by atoms with Crippen LogP contribution in [0.4, 0.5) is 0 Å². The van der Waals surface area contributed by atoms with Crippen LogP contribution in [0.15, 0.2) is 60.7 Å². The van der Waals surface area contributed by atoms with E-state index in [0.29, 0.717) is 6.54 Å². The zero-order chi connectivity index (χ0) is 19.3. The number of primary amides is 1. The normalized spacial score (nSPS) is 16.7. The van der Waals surface area contributed by atoms with E-state index in [2.05, 4.69) is 44.7 Å². The number of carbonyl (C=O) groups is 1. The lowest BCUT2D eigenvalue weighted by Gasteiger charge is -2.36. The van der Waals surface area contributed by atoms with Gasteiger partial charge < -0.3 is 5.73 Å². The molecule has 7 heteroatoms. The summed E-state index contributed by atoms with van der Waals surface area (Å²) < 4.78 is 1.87. The van der Waals surface area contributed by atoms with Crippen molar-refractivity contribution in [2.45, 2.75) is 25.4 Å². The van der Waals surface area contributed by atoms with Crippen LogP contribution in [0.25, 0.3) is 0 Å². The SMILES string of the molecule is NC(=O)C1CCN([C@@H](c2ccccc2)c2nnnn2Cc2ccccc2)CC1. The second-order valence-corrected chi connectivity index (χ2v) is 7.21. The summed E-state index contributed by atoms with van der Waals surface area (Å²) in [4.78, 5) is 13.9. The summed E-state index contributed by atoms with van der Waals surface area (Å²) in [6.07, 6.45) is 1.53. The van der Waals surface area contributed by atoms with Crippen LogP contribution in [-0.4, -0.2) is 44.1 Å². The van der Waals surface area contributed by atoms with Gasteiger partial charge in [0.1, 0.15) is 0 Å². The Balaban J connectivity index is 1.64. The van der Waals surface area contributed by atoms with Crippen LogP contribution in [0.2, 0.25) is 0 Å². The van der Waals surface area contributed by atoms with Gasteiger partial charge in [-0.2, -0.15) is 0 Å². The summed E-state index contributed by atoms with van der Waals surface area (Å²) in [6.45, 7) is 2.18. The highest BCUT2D eigenvalue weighted by atomic mass is 16.1. The predicted molar refractivity (Wildman–Crippen MR) is 105 cm³/mol. The zero-order valence-corrected chi connectivity index (χ0v) is 15.7. The Morgan fingerprint density at radius 3 is 2.32 bits per heavy atom. The van der Waals surface area contributed by atoms with Gasteiger partial charge in [0, 0.05) is 5.92 Å². The number of amides is 1. The van der Waals surface area contributed by atoms with E-state index in [9.17, 15) is 4.79 Å². The van der Waals surface area contributed by atoms with Gasteiger partial charge in [0.15, 0.2) is 5.82 Å². The molecule has 1 amide bonds. The Labute approximate surface area is 164 Å². The highest BCUT2D eigenvalue weighted by molar-refractivity contribution is 5.76. The van der Waals surface area contributed by atoms with E-state index in [4.69, 9.17) is 5.73 Å². The minimum Gasteiger partial charge on any atom is -0.369 e. The molecule has 3 aromatic rings. The topological polar surface area (TPSA) is 89.9 Å². The first-order valence-corrected chi connectivity index (χ1v) is 9.60. The fraction of sp³-hybridized carbons (Fsp3) is 0.333. The Kier molecular flexibility index (Phi) is 5.43. The third kappa shape index (κ3) is 3.94. The molecule has 1 atom stereocenters. The average molecular weight is 376 g/mol. The van der Waals surface area contributed by atoms with Gasteiger partial charge in [-0.15, -0.1) is 5.10 Å². The number of benzene rings is 2. The molecule has 2 heterocycles. The van der Waals surface area contributed by atoms with Gasteiger partial charge in [-0.05, 0) is 47.5 Å². The minimum atomic E-state index is -0.204. The van der Waals surface area contributed by atoms with Gasteiger partial charge in [0.2, 0.25) is 5.91 Å². The number of likely N-dealkylation sites (tertiary alicyclic amines) is 1. The standard InChI is InChI=1S/C21H24N6O/c22-20(28)18-11-13-26(14-12-18)19(17-9-5-2-6-10-17)21-23-24-25-27(21)15-16-7-3-1-4-8-16/h1-10,18-19H,11-15H2,(H2,22,28)/t19-/m0/s1. The van der Waals surface area contributed by atoms with Gasteiger partial charge in [0.25, 0.3) is 0 Å². The molecule has 1 aliphatic rings. The maximum atomic E-state index is 11.6. The molecule has 1 aromatic heterocycles. The average Bonchev–Trinajstić information content (AvgIpc) is 3.18. The van der Waals surface area contributed by atoms with Crippen LogP contribution < -0.4 is 5.73 Å². The molecule has 0 bridgehead atoms. The molecule has 2 aromatic carbocycles. The lowest BCUT2D eigenvalue weighted by atomic mass is 9.93. The number of tetrazole rings is 1. The number of rotatable bonds is 6. The molecule has 1 aliphatic heterocycles. The van der Waals surface area contributed by atoms with Gasteiger partial charge in [-0.25, -0.2) is 4.68 Å². The van der Waals surface area contributed by atoms with E-state index in [-0.39, 0.29) is 17.9 Å². The molecule has 0 aliphatic carbocycles. The fourth-order valence-electron chi connectivity index (χ4n) is 3.88. The first-order valence-electron chi connectivity index (χ1n) is 9.60. The summed E-state index contributed by atoms with van der Waals surface area (Å²) in [6, 6.07) is 20.4. The Morgan fingerprint density at radius 1 is 1.04 bits per heavy atom. The second kappa shape index (κ2) is 8.31. The van der Waals surface area contributed by atoms with Crippen molar-refractivity contribution in [2.24, 2.45) is 11.7 Å². The zero-order valence-electron chi connectivity index (χ0n) is 15.7. The monoisotopic (exact) mass is 376 g/mol. The third-order valence-corrected chi connectivity index (χ3v) is 5.39. The molecule has 4 rings (SSSR count). The molecule has 144 valence electrons. The molecule has 1 saturated heterocycles. The molecule has 0 unspecified atom stereocenters. The molecule has 0 radical (unpaired) electrons. The first-order chi connectivity index (χ1) is 13.7. The maximum Gasteiger partial charge on any atom is 0.220 e. The quantitative estimate of drug-likeness (QED) is 0.711. The molecule has 2 N–H and O–H groups in total. The van der Waals surface area contributed by atoms with E-state index in [1.54, 1.807) is 0 Å². The molecule has 1 fully saturated rings. The number of nitrogens with two attached hydrogens (primary N) is 1. The van der Waals surface area contributed by atoms with Gasteiger partial charge in [-0.3, -0.25) is 9.69 Å². The smallest absolute Gasteiger partial charge is 0.220 e. The summed E-state index contributed by atoms with van der Waals surface area (Å²) in [5.74, 6) is 0.561. The predicted octanol–water partition coefficient (Wildman–Crippen LogP) is 2.01. The third-order valence-electron chi connectivity index (χ3n) is 5.39. The summed E-state index contributed by atoms with van der Waals surface area (Å²) >= 11 is 0. The largest absolute Gasteiger partial charge is 0.369 e. The lowest BCUT2D eigenvalue weighted by Crippen LogP contribution is -2.41. The summed E-state index contributed by atoms with van der Waals surface area (Å²) in [5, 5.41) is 12.6. The van der Waals surface area contributed by atoms with Crippen LogP contribution in [0.5, 0.6) is 0 Å². The van der Waals surface area contributed by atoms with E-state index >= 15 is 0 Å². The van der Waals surface area contributed by atoms with Crippen LogP contribution in [0.1, 0.15) is 35.8 Å². The van der Waals surface area contributed by atoms with Crippen molar-refractivity contribution in [2.75, 3.05) is 13.1 Å². The van der Waals surface area contributed by atoms with E-state index in [0.717, 1.165) is 42.9 Å². The van der Waals surface area contributed by atoms with Crippen molar-refractivity contribution in [3.8, 4) is 0 Å². The highest BCUT2D eigenvalue weighted by Gasteiger charge is 2.32. The Hall–Kier alpha value is -3.06.